The number of ether oxygens (including phenoxy) is 1. The molecule has 0 saturated heterocycles. The largest absolute Gasteiger partial charge is 0.489 e. The Hall–Kier alpha value is -3.57. The molecule has 0 radical (unpaired) electrons. The molecule has 3 rings (SSSR count). The third-order valence-corrected chi connectivity index (χ3v) is 4.35. The van der Waals surface area contributed by atoms with Gasteiger partial charge in [0.05, 0.1) is 10.6 Å². The third-order valence-electron chi connectivity index (χ3n) is 4.02. The van der Waals surface area contributed by atoms with Gasteiger partial charge in [0.1, 0.15) is 12.4 Å². The molecule has 0 spiro atoms. The average Bonchev–Trinajstić information content (AvgIpc) is 2.73. The normalized spacial score (nSPS) is 10.1. The minimum Gasteiger partial charge on any atom is -0.489 e. The van der Waals surface area contributed by atoms with Gasteiger partial charge in [-0.25, -0.2) is 4.79 Å². The van der Waals surface area contributed by atoms with Crippen molar-refractivity contribution in [1.82, 2.24) is 5.32 Å². The summed E-state index contributed by atoms with van der Waals surface area (Å²) in [6, 6.07) is 20.7. The molecule has 2 N–H and O–H groups in total. The number of urea groups is 1. The Morgan fingerprint density at radius 1 is 1.00 bits per heavy atom. The molecule has 5 nitrogen and oxygen atoms in total. The zero-order valence-electron chi connectivity index (χ0n) is 15.5. The van der Waals surface area contributed by atoms with E-state index < -0.39 is 11.9 Å². The monoisotopic (exact) mass is 406 g/mol. The third kappa shape index (κ3) is 5.24. The van der Waals surface area contributed by atoms with Crippen molar-refractivity contribution >= 4 is 29.2 Å². The van der Waals surface area contributed by atoms with Crippen LogP contribution in [0.1, 0.15) is 10.4 Å². The van der Waals surface area contributed by atoms with Crippen LogP contribution in [0, 0.1) is 0 Å². The van der Waals surface area contributed by atoms with E-state index in [9.17, 15) is 9.59 Å². The van der Waals surface area contributed by atoms with Crippen LogP contribution in [0.15, 0.2) is 85.5 Å². The summed E-state index contributed by atoms with van der Waals surface area (Å²) in [5.74, 6) is 0.0801. The number of imide groups is 1. The van der Waals surface area contributed by atoms with Gasteiger partial charge in [0, 0.05) is 11.3 Å². The van der Waals surface area contributed by atoms with Crippen LogP contribution in [0.5, 0.6) is 5.75 Å². The maximum Gasteiger partial charge on any atom is 0.326 e. The highest BCUT2D eigenvalue weighted by Gasteiger charge is 2.14. The van der Waals surface area contributed by atoms with Gasteiger partial charge in [-0.05, 0) is 35.9 Å². The molecule has 0 heterocycles. The minimum absolute atomic E-state index is 0.225. The minimum atomic E-state index is -0.659. The maximum atomic E-state index is 12.3. The summed E-state index contributed by atoms with van der Waals surface area (Å²) in [5, 5.41) is 5.21. The summed E-state index contributed by atoms with van der Waals surface area (Å²) in [6.45, 7) is 4.02. The Kier molecular flexibility index (Phi) is 6.66. The van der Waals surface area contributed by atoms with Gasteiger partial charge in [0.15, 0.2) is 0 Å². The van der Waals surface area contributed by atoms with Crippen molar-refractivity contribution in [2.75, 3.05) is 11.9 Å². The Bertz CT molecular complexity index is 1040. The highest BCUT2D eigenvalue weighted by Crippen LogP contribution is 2.32. The van der Waals surface area contributed by atoms with E-state index in [1.165, 1.54) is 0 Å². The Morgan fingerprint density at radius 2 is 1.72 bits per heavy atom. The van der Waals surface area contributed by atoms with E-state index in [-0.39, 0.29) is 10.6 Å². The van der Waals surface area contributed by atoms with Gasteiger partial charge in [-0.1, -0.05) is 66.7 Å². The van der Waals surface area contributed by atoms with Crippen molar-refractivity contribution in [3.8, 4) is 16.9 Å². The molecule has 0 aliphatic rings. The molecule has 29 heavy (non-hydrogen) atoms. The zero-order chi connectivity index (χ0) is 20.6. The summed E-state index contributed by atoms with van der Waals surface area (Å²) in [4.78, 5) is 24.5. The van der Waals surface area contributed by atoms with E-state index in [0.717, 1.165) is 11.1 Å². The Labute approximate surface area is 174 Å². The number of carbonyl (C=O) groups excluding carboxylic acids is 2. The molecule has 6 heteroatoms. The standard InChI is InChI=1S/C23H19ClN2O3/c1-2-14-29-21-13-12-17(15-19(21)16-8-4-3-5-9-16)25-23(28)26-22(27)18-10-6-7-11-20(18)24/h2-13,15H,1,14H2,(H2,25,26,27,28). The molecule has 0 aliphatic heterocycles. The summed E-state index contributed by atoms with van der Waals surface area (Å²) >= 11 is 6.00. The van der Waals surface area contributed by atoms with Crippen molar-refractivity contribution in [1.29, 1.82) is 0 Å². The van der Waals surface area contributed by atoms with Gasteiger partial charge < -0.3 is 10.1 Å². The zero-order valence-corrected chi connectivity index (χ0v) is 16.3. The van der Waals surface area contributed by atoms with E-state index in [2.05, 4.69) is 17.2 Å². The lowest BCUT2D eigenvalue weighted by Gasteiger charge is -2.13. The van der Waals surface area contributed by atoms with Gasteiger partial charge in [-0.2, -0.15) is 0 Å². The van der Waals surface area contributed by atoms with Crippen molar-refractivity contribution in [2.45, 2.75) is 0 Å². The van der Waals surface area contributed by atoms with Crippen LogP contribution in [-0.2, 0) is 0 Å². The molecule has 3 aromatic carbocycles. The molecule has 0 unspecified atom stereocenters. The van der Waals surface area contributed by atoms with Crippen LogP contribution in [0.4, 0.5) is 10.5 Å². The van der Waals surface area contributed by atoms with E-state index in [1.54, 1.807) is 48.5 Å². The summed E-state index contributed by atoms with van der Waals surface area (Å²) < 4.78 is 5.72. The highest BCUT2D eigenvalue weighted by atomic mass is 35.5. The quantitative estimate of drug-likeness (QED) is 0.528. The molecular weight excluding hydrogens is 388 g/mol. The maximum absolute atomic E-state index is 12.3. The van der Waals surface area contributed by atoms with Crippen LogP contribution < -0.4 is 15.4 Å². The molecule has 0 atom stereocenters. The van der Waals surface area contributed by atoms with Gasteiger partial charge in [-0.3, -0.25) is 10.1 Å². The number of rotatable bonds is 6. The van der Waals surface area contributed by atoms with Crippen LogP contribution >= 0.6 is 11.6 Å². The predicted octanol–water partition coefficient (Wildman–Crippen LogP) is 5.53. The molecule has 3 aromatic rings. The highest BCUT2D eigenvalue weighted by molar-refractivity contribution is 6.34. The first-order valence-corrected chi connectivity index (χ1v) is 9.26. The number of anilines is 1. The molecule has 0 aliphatic carbocycles. The van der Waals surface area contributed by atoms with E-state index in [0.29, 0.717) is 18.0 Å². The van der Waals surface area contributed by atoms with Crippen LogP contribution in [0.25, 0.3) is 11.1 Å². The fourth-order valence-corrected chi connectivity index (χ4v) is 2.93. The predicted molar refractivity (Wildman–Crippen MR) is 116 cm³/mol. The van der Waals surface area contributed by atoms with E-state index >= 15 is 0 Å². The fourth-order valence-electron chi connectivity index (χ4n) is 2.70. The number of carbonyl (C=O) groups is 2. The van der Waals surface area contributed by atoms with Crippen molar-refractivity contribution in [3.05, 3.63) is 96.0 Å². The molecule has 0 saturated carbocycles. The second-order valence-corrected chi connectivity index (χ2v) is 6.47. The lowest BCUT2D eigenvalue weighted by atomic mass is 10.0. The topological polar surface area (TPSA) is 67.4 Å². The summed E-state index contributed by atoms with van der Waals surface area (Å²) in [7, 11) is 0. The molecule has 3 amide bonds. The molecule has 0 fully saturated rings. The number of hydrogen-bond donors (Lipinski definition) is 2. The smallest absolute Gasteiger partial charge is 0.326 e. The lowest BCUT2D eigenvalue weighted by Crippen LogP contribution is -2.34. The van der Waals surface area contributed by atoms with Crippen LogP contribution in [0.3, 0.4) is 0 Å². The Balaban J connectivity index is 1.78. The molecule has 0 aromatic heterocycles. The summed E-state index contributed by atoms with van der Waals surface area (Å²) in [6.07, 6.45) is 1.66. The first-order valence-electron chi connectivity index (χ1n) is 8.88. The molecule has 146 valence electrons. The number of hydrogen-bond acceptors (Lipinski definition) is 3. The second kappa shape index (κ2) is 9.57. The number of amides is 3. The Morgan fingerprint density at radius 3 is 2.45 bits per heavy atom. The van der Waals surface area contributed by atoms with Crippen LogP contribution in [0.2, 0.25) is 5.02 Å². The van der Waals surface area contributed by atoms with E-state index in [4.69, 9.17) is 16.3 Å². The van der Waals surface area contributed by atoms with E-state index in [1.807, 2.05) is 30.3 Å². The van der Waals surface area contributed by atoms with Gasteiger partial charge >= 0.3 is 6.03 Å². The average molecular weight is 407 g/mol. The van der Waals surface area contributed by atoms with Gasteiger partial charge in [0.25, 0.3) is 5.91 Å². The number of halogens is 1. The van der Waals surface area contributed by atoms with Gasteiger partial charge in [0.2, 0.25) is 0 Å². The fraction of sp³-hybridized carbons (Fsp3) is 0.0435. The summed E-state index contributed by atoms with van der Waals surface area (Å²) in [5.41, 5.74) is 2.48. The number of nitrogens with one attached hydrogen (secondary N) is 2. The van der Waals surface area contributed by atoms with Crippen molar-refractivity contribution in [2.24, 2.45) is 0 Å². The van der Waals surface area contributed by atoms with Crippen LogP contribution in [-0.4, -0.2) is 18.5 Å². The molecular formula is C23H19ClN2O3. The second-order valence-electron chi connectivity index (χ2n) is 6.06. The van der Waals surface area contributed by atoms with Crippen molar-refractivity contribution in [3.63, 3.8) is 0 Å². The SMILES string of the molecule is C=CCOc1ccc(NC(=O)NC(=O)c2ccccc2Cl)cc1-c1ccccc1. The lowest BCUT2D eigenvalue weighted by molar-refractivity contribution is 0.0967. The first-order chi connectivity index (χ1) is 14.1. The molecule has 0 bridgehead atoms. The number of benzene rings is 3. The van der Waals surface area contributed by atoms with Crippen molar-refractivity contribution < 1.29 is 14.3 Å². The first kappa shape index (κ1) is 20.2. The van der Waals surface area contributed by atoms with Gasteiger partial charge in [-0.15, -0.1) is 0 Å².